The normalized spacial score (nSPS) is 20.7. The number of aromatic nitrogens is 4. The molecule has 0 saturated carbocycles. The molecule has 0 aliphatic carbocycles. The Balaban J connectivity index is 1.65. The van der Waals surface area contributed by atoms with Crippen LogP contribution in [-0.4, -0.2) is 53.1 Å². The molecule has 21 heavy (non-hydrogen) atoms. The van der Waals surface area contributed by atoms with Gasteiger partial charge in [0.05, 0.1) is 13.2 Å². The van der Waals surface area contributed by atoms with Crippen LogP contribution in [-0.2, 0) is 4.74 Å². The summed E-state index contributed by atoms with van der Waals surface area (Å²) in [6.07, 6.45) is 2.36. The van der Waals surface area contributed by atoms with Gasteiger partial charge >= 0.3 is 0 Å². The largest absolute Gasteiger partial charge is 0.380 e. The van der Waals surface area contributed by atoms with Crippen LogP contribution in [0.1, 0.15) is 19.8 Å². The van der Waals surface area contributed by atoms with Crippen molar-refractivity contribution in [1.29, 1.82) is 0 Å². The highest BCUT2D eigenvalue weighted by molar-refractivity contribution is 5.74. The van der Waals surface area contributed by atoms with Gasteiger partial charge in [-0.2, -0.15) is 0 Å². The summed E-state index contributed by atoms with van der Waals surface area (Å²) < 4.78 is 10.0. The van der Waals surface area contributed by atoms with Gasteiger partial charge in [0.25, 0.3) is 0 Å². The molecule has 2 aromatic heterocycles. The fraction of sp³-hybridized carbons (Fsp3) is 0.692. The van der Waals surface area contributed by atoms with E-state index in [1.807, 2.05) is 0 Å². The lowest BCUT2D eigenvalue weighted by molar-refractivity contribution is -0.0924. The molecule has 4 rings (SSSR count). The molecule has 0 bridgehead atoms. The van der Waals surface area contributed by atoms with E-state index in [4.69, 9.17) is 9.37 Å². The van der Waals surface area contributed by atoms with Gasteiger partial charge in [-0.05, 0) is 23.2 Å². The molecule has 2 aliphatic rings. The van der Waals surface area contributed by atoms with E-state index in [-0.39, 0.29) is 5.41 Å². The maximum absolute atomic E-state index is 5.29. The van der Waals surface area contributed by atoms with E-state index in [1.54, 1.807) is 0 Å². The van der Waals surface area contributed by atoms with E-state index >= 15 is 0 Å². The number of hydrogen-bond donors (Lipinski definition) is 1. The lowest BCUT2D eigenvalue weighted by Gasteiger charge is -2.38. The van der Waals surface area contributed by atoms with Crippen molar-refractivity contribution in [3.8, 4) is 0 Å². The molecule has 2 aliphatic heterocycles. The highest BCUT2D eigenvalue weighted by Gasteiger charge is 2.33. The highest BCUT2D eigenvalue weighted by atomic mass is 16.6. The van der Waals surface area contributed by atoms with Crippen molar-refractivity contribution < 1.29 is 9.37 Å². The Bertz CT molecular complexity index is 647. The van der Waals surface area contributed by atoms with Crippen LogP contribution < -0.4 is 10.2 Å². The SMILES string of the molecule is CC1(CNc2nc3nonc3nc2N2CCCC2)COC1. The molecular formula is C13H18N6O2. The average Bonchev–Trinajstić information content (AvgIpc) is 3.12. The molecule has 2 saturated heterocycles. The number of nitrogens with zero attached hydrogens (tertiary/aromatic N) is 5. The lowest BCUT2D eigenvalue weighted by Crippen LogP contribution is -2.45. The molecule has 8 heteroatoms. The van der Waals surface area contributed by atoms with Gasteiger partial charge in [-0.3, -0.25) is 0 Å². The van der Waals surface area contributed by atoms with Gasteiger partial charge in [-0.25, -0.2) is 14.6 Å². The molecule has 0 aromatic carbocycles. The Morgan fingerprint density at radius 1 is 1.14 bits per heavy atom. The van der Waals surface area contributed by atoms with Crippen LogP contribution in [0.25, 0.3) is 11.3 Å². The second kappa shape index (κ2) is 4.80. The van der Waals surface area contributed by atoms with Gasteiger partial charge in [-0.15, -0.1) is 0 Å². The Morgan fingerprint density at radius 2 is 1.86 bits per heavy atom. The molecular weight excluding hydrogens is 272 g/mol. The third-order valence-electron chi connectivity index (χ3n) is 4.09. The van der Waals surface area contributed by atoms with E-state index in [9.17, 15) is 0 Å². The van der Waals surface area contributed by atoms with E-state index in [1.165, 1.54) is 12.8 Å². The monoisotopic (exact) mass is 290 g/mol. The maximum Gasteiger partial charge on any atom is 0.245 e. The predicted molar refractivity (Wildman–Crippen MR) is 76.3 cm³/mol. The van der Waals surface area contributed by atoms with Crippen molar-refractivity contribution in [2.24, 2.45) is 5.41 Å². The van der Waals surface area contributed by atoms with Gasteiger partial charge in [0.15, 0.2) is 11.6 Å². The molecule has 4 heterocycles. The predicted octanol–water partition coefficient (Wildman–Crippen LogP) is 1.06. The molecule has 0 unspecified atom stereocenters. The van der Waals surface area contributed by atoms with Gasteiger partial charge < -0.3 is 15.0 Å². The van der Waals surface area contributed by atoms with Crippen LogP contribution >= 0.6 is 0 Å². The van der Waals surface area contributed by atoms with E-state index < -0.39 is 0 Å². The zero-order valence-electron chi connectivity index (χ0n) is 12.0. The minimum atomic E-state index is 0.168. The number of ether oxygens (including phenoxy) is 1. The number of fused-ring (bicyclic) bond motifs is 1. The minimum Gasteiger partial charge on any atom is -0.380 e. The van der Waals surface area contributed by atoms with Crippen molar-refractivity contribution in [2.75, 3.05) is 43.1 Å². The number of anilines is 2. The quantitative estimate of drug-likeness (QED) is 0.894. The summed E-state index contributed by atoms with van der Waals surface area (Å²) in [5, 5.41) is 11.0. The summed E-state index contributed by atoms with van der Waals surface area (Å²) in [5.74, 6) is 1.60. The number of hydrogen-bond acceptors (Lipinski definition) is 8. The Hall–Kier alpha value is -1.96. The second-order valence-corrected chi connectivity index (χ2v) is 6.16. The first-order valence-electron chi connectivity index (χ1n) is 7.30. The first kappa shape index (κ1) is 12.8. The van der Waals surface area contributed by atoms with Crippen molar-refractivity contribution >= 4 is 22.9 Å². The fourth-order valence-corrected chi connectivity index (χ4v) is 2.75. The average molecular weight is 290 g/mol. The zero-order valence-corrected chi connectivity index (χ0v) is 12.0. The Morgan fingerprint density at radius 3 is 2.52 bits per heavy atom. The topological polar surface area (TPSA) is 89.2 Å². The van der Waals surface area contributed by atoms with E-state index in [2.05, 4.69) is 37.4 Å². The third kappa shape index (κ3) is 2.29. The molecule has 2 fully saturated rings. The summed E-state index contributed by atoms with van der Waals surface area (Å²) in [5.41, 5.74) is 1.07. The lowest BCUT2D eigenvalue weighted by atomic mass is 9.89. The van der Waals surface area contributed by atoms with Crippen LogP contribution in [0.4, 0.5) is 11.6 Å². The van der Waals surface area contributed by atoms with Gasteiger partial charge in [0.2, 0.25) is 11.3 Å². The summed E-state index contributed by atoms with van der Waals surface area (Å²) in [4.78, 5) is 11.3. The van der Waals surface area contributed by atoms with E-state index in [0.717, 1.165) is 44.5 Å². The van der Waals surface area contributed by atoms with Crippen molar-refractivity contribution in [3.05, 3.63) is 0 Å². The maximum atomic E-state index is 5.29. The second-order valence-electron chi connectivity index (χ2n) is 6.16. The summed E-state index contributed by atoms with van der Waals surface area (Å²) in [6, 6.07) is 0. The molecule has 0 radical (unpaired) electrons. The Kier molecular flexibility index (Phi) is 2.91. The van der Waals surface area contributed by atoms with Crippen molar-refractivity contribution in [2.45, 2.75) is 19.8 Å². The zero-order chi connectivity index (χ0) is 14.3. The fourth-order valence-electron chi connectivity index (χ4n) is 2.75. The van der Waals surface area contributed by atoms with Crippen LogP contribution in [0, 0.1) is 5.41 Å². The van der Waals surface area contributed by atoms with E-state index in [0.29, 0.717) is 11.3 Å². The highest BCUT2D eigenvalue weighted by Crippen LogP contribution is 2.30. The van der Waals surface area contributed by atoms with Gasteiger partial charge in [-0.1, -0.05) is 6.92 Å². The standard InChI is InChI=1S/C13H18N6O2/c1-13(7-20-8-13)6-14-11-12(19-4-2-3-5-19)16-10-9(15-11)17-21-18-10/h2-8H2,1H3,(H,14,15,17). The molecule has 0 atom stereocenters. The van der Waals surface area contributed by atoms with Crippen molar-refractivity contribution in [1.82, 2.24) is 20.3 Å². The molecule has 0 amide bonds. The third-order valence-corrected chi connectivity index (χ3v) is 4.09. The van der Waals surface area contributed by atoms with Crippen LogP contribution in [0.3, 0.4) is 0 Å². The molecule has 112 valence electrons. The number of nitrogens with one attached hydrogen (secondary N) is 1. The van der Waals surface area contributed by atoms with Crippen molar-refractivity contribution in [3.63, 3.8) is 0 Å². The first-order valence-corrected chi connectivity index (χ1v) is 7.30. The Labute approximate surface area is 121 Å². The molecule has 0 spiro atoms. The van der Waals surface area contributed by atoms with Gasteiger partial charge in [0, 0.05) is 25.0 Å². The summed E-state index contributed by atoms with van der Waals surface area (Å²) in [6.45, 7) is 6.56. The summed E-state index contributed by atoms with van der Waals surface area (Å²) >= 11 is 0. The molecule has 8 nitrogen and oxygen atoms in total. The molecule has 1 N–H and O–H groups in total. The first-order chi connectivity index (χ1) is 10.2. The van der Waals surface area contributed by atoms with Crippen LogP contribution in [0.2, 0.25) is 0 Å². The van der Waals surface area contributed by atoms with Gasteiger partial charge in [0.1, 0.15) is 0 Å². The molecule has 2 aromatic rings. The smallest absolute Gasteiger partial charge is 0.245 e. The summed E-state index contributed by atoms with van der Waals surface area (Å²) in [7, 11) is 0. The van der Waals surface area contributed by atoms with Crippen LogP contribution in [0.15, 0.2) is 4.63 Å². The minimum absolute atomic E-state index is 0.168. The van der Waals surface area contributed by atoms with Crippen LogP contribution in [0.5, 0.6) is 0 Å². The number of rotatable bonds is 4.